The minimum Gasteiger partial charge on any atom is -0.372 e. The Bertz CT molecular complexity index is 321. The molecule has 21 heavy (non-hydrogen) atoms. The molecule has 2 heterocycles. The summed E-state index contributed by atoms with van der Waals surface area (Å²) >= 11 is 0. The van der Waals surface area contributed by atoms with Crippen LogP contribution in [0.4, 0.5) is 0 Å². The summed E-state index contributed by atoms with van der Waals surface area (Å²) in [6.45, 7) is 12.5. The summed E-state index contributed by atoms with van der Waals surface area (Å²) < 4.78 is 5.70. The van der Waals surface area contributed by atoms with E-state index >= 15 is 0 Å². The summed E-state index contributed by atoms with van der Waals surface area (Å²) in [6.07, 6.45) is 2.77. The van der Waals surface area contributed by atoms with Crippen LogP contribution in [0.2, 0.25) is 0 Å². The molecule has 2 aliphatic rings. The number of ether oxygens (including phenoxy) is 1. The lowest BCUT2D eigenvalue weighted by Gasteiger charge is -2.37. The van der Waals surface area contributed by atoms with Gasteiger partial charge in [-0.3, -0.25) is 9.69 Å². The molecule has 0 aromatic carbocycles. The normalized spacial score (nSPS) is 28.1. The molecule has 2 unspecified atom stereocenters. The smallest absolute Gasteiger partial charge is 0.236 e. The molecule has 0 bridgehead atoms. The second-order valence-electron chi connectivity index (χ2n) is 6.58. The Morgan fingerprint density at radius 2 is 1.86 bits per heavy atom. The van der Waals surface area contributed by atoms with Crippen LogP contribution in [0.1, 0.15) is 33.6 Å². The van der Waals surface area contributed by atoms with E-state index in [-0.39, 0.29) is 18.1 Å². The lowest BCUT2D eigenvalue weighted by atomic mass is 9.97. The third kappa shape index (κ3) is 5.24. The van der Waals surface area contributed by atoms with Crippen molar-refractivity contribution in [2.45, 2.75) is 45.8 Å². The van der Waals surface area contributed by atoms with E-state index in [1.54, 1.807) is 0 Å². The molecular formula is C16H31N3O2. The van der Waals surface area contributed by atoms with Gasteiger partial charge in [-0.25, -0.2) is 0 Å². The average Bonchev–Trinajstić information content (AvgIpc) is 2.46. The number of nitrogens with zero attached hydrogens (tertiary/aromatic N) is 2. The maximum absolute atomic E-state index is 12.5. The summed E-state index contributed by atoms with van der Waals surface area (Å²) in [7, 11) is 0. The molecule has 2 saturated heterocycles. The van der Waals surface area contributed by atoms with Crippen molar-refractivity contribution >= 4 is 5.91 Å². The Kier molecular flexibility index (Phi) is 6.45. The molecule has 0 radical (unpaired) electrons. The highest BCUT2D eigenvalue weighted by molar-refractivity contribution is 5.78. The van der Waals surface area contributed by atoms with Crippen molar-refractivity contribution in [2.24, 2.45) is 5.92 Å². The van der Waals surface area contributed by atoms with E-state index in [1.807, 2.05) is 18.7 Å². The predicted octanol–water partition coefficient (Wildman–Crippen LogP) is 0.944. The predicted molar refractivity (Wildman–Crippen MR) is 84.3 cm³/mol. The fourth-order valence-corrected chi connectivity index (χ4v) is 3.41. The second-order valence-corrected chi connectivity index (χ2v) is 6.58. The Hall–Kier alpha value is -0.650. The summed E-state index contributed by atoms with van der Waals surface area (Å²) in [5.74, 6) is 0.995. The molecule has 0 aromatic rings. The third-order valence-electron chi connectivity index (χ3n) is 4.55. The lowest BCUT2D eigenvalue weighted by Crippen LogP contribution is -2.51. The molecule has 0 aromatic heterocycles. The van der Waals surface area contributed by atoms with Crippen LogP contribution >= 0.6 is 0 Å². The fraction of sp³-hybridized carbons (Fsp3) is 0.938. The van der Waals surface area contributed by atoms with Gasteiger partial charge in [0, 0.05) is 19.6 Å². The van der Waals surface area contributed by atoms with E-state index in [9.17, 15) is 4.79 Å². The van der Waals surface area contributed by atoms with Gasteiger partial charge in [-0.15, -0.1) is 0 Å². The van der Waals surface area contributed by atoms with Crippen LogP contribution < -0.4 is 5.32 Å². The zero-order valence-electron chi connectivity index (χ0n) is 13.8. The van der Waals surface area contributed by atoms with Crippen LogP contribution in [0.25, 0.3) is 0 Å². The highest BCUT2D eigenvalue weighted by Crippen LogP contribution is 2.15. The summed E-state index contributed by atoms with van der Waals surface area (Å²) in [4.78, 5) is 16.8. The standard InChI is InChI=1S/C16H31N3O2/c1-4-18(11-15-5-7-17-8-6-15)12-16(20)19-9-13(2)21-14(3)10-19/h13-15,17H,4-12H2,1-3H3. The zero-order valence-corrected chi connectivity index (χ0v) is 13.8. The van der Waals surface area contributed by atoms with Gasteiger partial charge < -0.3 is 15.0 Å². The van der Waals surface area contributed by atoms with E-state index in [0.29, 0.717) is 6.54 Å². The van der Waals surface area contributed by atoms with Crippen LogP contribution in [-0.2, 0) is 9.53 Å². The number of morpholine rings is 1. The van der Waals surface area contributed by atoms with Gasteiger partial charge >= 0.3 is 0 Å². The Labute approximate surface area is 129 Å². The van der Waals surface area contributed by atoms with E-state index in [4.69, 9.17) is 4.74 Å². The summed E-state index contributed by atoms with van der Waals surface area (Å²) in [5, 5.41) is 3.40. The van der Waals surface area contributed by atoms with Crippen molar-refractivity contribution in [2.75, 3.05) is 45.8 Å². The minimum absolute atomic E-state index is 0.150. The van der Waals surface area contributed by atoms with Crippen LogP contribution in [0.15, 0.2) is 0 Å². The monoisotopic (exact) mass is 297 g/mol. The summed E-state index contributed by atoms with van der Waals surface area (Å²) in [5.41, 5.74) is 0. The number of likely N-dealkylation sites (N-methyl/N-ethyl adjacent to an activating group) is 1. The molecule has 2 aliphatic heterocycles. The Balaban J connectivity index is 1.81. The highest BCUT2D eigenvalue weighted by Gasteiger charge is 2.27. The van der Waals surface area contributed by atoms with Crippen molar-refractivity contribution in [3.8, 4) is 0 Å². The van der Waals surface area contributed by atoms with Gasteiger partial charge in [-0.2, -0.15) is 0 Å². The van der Waals surface area contributed by atoms with Gasteiger partial charge in [0.2, 0.25) is 5.91 Å². The first-order chi connectivity index (χ1) is 10.1. The first-order valence-corrected chi connectivity index (χ1v) is 8.44. The van der Waals surface area contributed by atoms with Crippen LogP contribution in [0.5, 0.6) is 0 Å². The Morgan fingerprint density at radius 3 is 2.43 bits per heavy atom. The first kappa shape index (κ1) is 16.7. The Morgan fingerprint density at radius 1 is 1.24 bits per heavy atom. The average molecular weight is 297 g/mol. The molecule has 0 spiro atoms. The lowest BCUT2D eigenvalue weighted by molar-refractivity contribution is -0.144. The number of amides is 1. The second kappa shape index (κ2) is 8.11. The highest BCUT2D eigenvalue weighted by atomic mass is 16.5. The van der Waals surface area contributed by atoms with Gasteiger partial charge in [0.25, 0.3) is 0 Å². The van der Waals surface area contributed by atoms with Crippen molar-refractivity contribution in [1.82, 2.24) is 15.1 Å². The number of hydrogen-bond acceptors (Lipinski definition) is 4. The van der Waals surface area contributed by atoms with Gasteiger partial charge in [0.05, 0.1) is 18.8 Å². The van der Waals surface area contributed by atoms with E-state index in [2.05, 4.69) is 17.1 Å². The SMILES string of the molecule is CCN(CC(=O)N1CC(C)OC(C)C1)CC1CCNCC1. The first-order valence-electron chi connectivity index (χ1n) is 8.44. The molecule has 5 heteroatoms. The van der Waals surface area contributed by atoms with Gasteiger partial charge in [-0.1, -0.05) is 6.92 Å². The number of nitrogens with one attached hydrogen (secondary N) is 1. The molecule has 2 rings (SSSR count). The number of rotatable bonds is 5. The number of carbonyl (C=O) groups is 1. The van der Waals surface area contributed by atoms with E-state index in [0.717, 1.165) is 45.2 Å². The molecule has 2 atom stereocenters. The fourth-order valence-electron chi connectivity index (χ4n) is 3.41. The molecule has 1 N–H and O–H groups in total. The molecular weight excluding hydrogens is 266 g/mol. The molecule has 0 saturated carbocycles. The molecule has 2 fully saturated rings. The van der Waals surface area contributed by atoms with Crippen molar-refractivity contribution in [1.29, 1.82) is 0 Å². The van der Waals surface area contributed by atoms with Crippen LogP contribution in [0.3, 0.4) is 0 Å². The van der Waals surface area contributed by atoms with Crippen molar-refractivity contribution < 1.29 is 9.53 Å². The third-order valence-corrected chi connectivity index (χ3v) is 4.55. The van der Waals surface area contributed by atoms with Crippen LogP contribution in [-0.4, -0.2) is 73.7 Å². The topological polar surface area (TPSA) is 44.8 Å². The minimum atomic E-state index is 0.150. The maximum atomic E-state index is 12.5. The number of hydrogen-bond donors (Lipinski definition) is 1. The van der Waals surface area contributed by atoms with Gasteiger partial charge in [0.15, 0.2) is 0 Å². The molecule has 122 valence electrons. The van der Waals surface area contributed by atoms with Gasteiger partial charge in [-0.05, 0) is 52.2 Å². The van der Waals surface area contributed by atoms with Gasteiger partial charge in [0.1, 0.15) is 0 Å². The molecule has 0 aliphatic carbocycles. The largest absolute Gasteiger partial charge is 0.372 e. The number of carbonyl (C=O) groups excluding carboxylic acids is 1. The van der Waals surface area contributed by atoms with Crippen molar-refractivity contribution in [3.05, 3.63) is 0 Å². The quantitative estimate of drug-likeness (QED) is 0.820. The molecule has 1 amide bonds. The number of piperidine rings is 1. The van der Waals surface area contributed by atoms with Crippen molar-refractivity contribution in [3.63, 3.8) is 0 Å². The van der Waals surface area contributed by atoms with E-state index < -0.39 is 0 Å². The summed E-state index contributed by atoms with van der Waals surface area (Å²) in [6, 6.07) is 0. The zero-order chi connectivity index (χ0) is 15.2. The van der Waals surface area contributed by atoms with E-state index in [1.165, 1.54) is 12.8 Å². The van der Waals surface area contributed by atoms with Crippen LogP contribution in [0, 0.1) is 5.92 Å². The molecule has 5 nitrogen and oxygen atoms in total. The maximum Gasteiger partial charge on any atom is 0.236 e.